The summed E-state index contributed by atoms with van der Waals surface area (Å²) < 4.78 is 0. The highest BCUT2D eigenvalue weighted by Gasteiger charge is 2.04. The first kappa shape index (κ1) is 9.27. The summed E-state index contributed by atoms with van der Waals surface area (Å²) >= 11 is 1.63. The van der Waals surface area contributed by atoms with Gasteiger partial charge in [0.05, 0.1) is 11.9 Å². The second-order valence-corrected chi connectivity index (χ2v) is 3.84. The van der Waals surface area contributed by atoms with E-state index in [-0.39, 0.29) is 0 Å². The maximum Gasteiger partial charge on any atom is 0.143 e. The van der Waals surface area contributed by atoms with Crippen molar-refractivity contribution < 1.29 is 0 Å². The lowest BCUT2D eigenvalue weighted by Crippen LogP contribution is -1.85. The van der Waals surface area contributed by atoms with Crippen molar-refractivity contribution in [3.63, 3.8) is 0 Å². The molecule has 0 aliphatic rings. The van der Waals surface area contributed by atoms with Crippen LogP contribution in [0.4, 0.5) is 0 Å². The lowest BCUT2D eigenvalue weighted by molar-refractivity contribution is 0.893. The van der Waals surface area contributed by atoms with Gasteiger partial charge in [0.1, 0.15) is 10.7 Å². The highest BCUT2D eigenvalue weighted by atomic mass is 32.1. The average molecular weight is 205 g/mol. The fourth-order valence-electron chi connectivity index (χ4n) is 1.21. The van der Waals surface area contributed by atoms with Crippen LogP contribution in [-0.2, 0) is 6.42 Å². The summed E-state index contributed by atoms with van der Waals surface area (Å²) in [5.41, 5.74) is 2.01. The molecule has 0 spiro atoms. The van der Waals surface area contributed by atoms with E-state index in [2.05, 4.69) is 27.3 Å². The van der Waals surface area contributed by atoms with Crippen LogP contribution in [0.1, 0.15) is 19.0 Å². The summed E-state index contributed by atoms with van der Waals surface area (Å²) in [6.45, 7) is 2.15. The minimum atomic E-state index is 0.861. The third-order valence-corrected chi connectivity index (χ3v) is 2.75. The van der Waals surface area contributed by atoms with E-state index in [0.29, 0.717) is 0 Å². The van der Waals surface area contributed by atoms with Gasteiger partial charge in [-0.05, 0) is 6.42 Å². The first-order valence-corrected chi connectivity index (χ1v) is 5.49. The van der Waals surface area contributed by atoms with Crippen LogP contribution in [-0.4, -0.2) is 15.0 Å². The standard InChI is InChI=1S/C10H11N3S/c1-2-3-8-7-14-10(13-8)9-6-11-4-5-12-9/h4-7H,2-3H2,1H3. The van der Waals surface area contributed by atoms with E-state index in [1.54, 1.807) is 29.9 Å². The summed E-state index contributed by atoms with van der Waals surface area (Å²) in [7, 11) is 0. The Kier molecular flexibility index (Phi) is 2.84. The molecule has 3 nitrogen and oxygen atoms in total. The Balaban J connectivity index is 2.25. The van der Waals surface area contributed by atoms with Gasteiger partial charge in [-0.2, -0.15) is 0 Å². The average Bonchev–Trinajstić information content (AvgIpc) is 2.68. The molecular formula is C10H11N3S. The van der Waals surface area contributed by atoms with Gasteiger partial charge in [0.15, 0.2) is 0 Å². The van der Waals surface area contributed by atoms with Gasteiger partial charge in [0.2, 0.25) is 0 Å². The van der Waals surface area contributed by atoms with Crippen molar-refractivity contribution in [3.8, 4) is 10.7 Å². The first-order valence-electron chi connectivity index (χ1n) is 4.61. The van der Waals surface area contributed by atoms with E-state index in [1.165, 1.54) is 0 Å². The molecule has 2 aromatic heterocycles. The molecule has 0 atom stereocenters. The quantitative estimate of drug-likeness (QED) is 0.773. The van der Waals surface area contributed by atoms with Crippen LogP contribution in [0.3, 0.4) is 0 Å². The van der Waals surface area contributed by atoms with Gasteiger partial charge in [-0.3, -0.25) is 9.97 Å². The Bertz CT molecular complexity index is 397. The Morgan fingerprint density at radius 3 is 3.00 bits per heavy atom. The smallest absolute Gasteiger partial charge is 0.143 e. The van der Waals surface area contributed by atoms with Gasteiger partial charge < -0.3 is 0 Å². The first-order chi connectivity index (χ1) is 6.90. The maximum absolute atomic E-state index is 4.49. The van der Waals surface area contributed by atoms with Crippen LogP contribution >= 0.6 is 11.3 Å². The van der Waals surface area contributed by atoms with Gasteiger partial charge in [-0.1, -0.05) is 13.3 Å². The van der Waals surface area contributed by atoms with E-state index in [1.807, 2.05) is 0 Å². The minimum Gasteiger partial charge on any atom is -0.261 e. The number of nitrogens with zero attached hydrogens (tertiary/aromatic N) is 3. The zero-order valence-electron chi connectivity index (χ0n) is 7.97. The molecule has 2 rings (SSSR count). The Morgan fingerprint density at radius 1 is 1.36 bits per heavy atom. The molecule has 4 heteroatoms. The van der Waals surface area contributed by atoms with Crippen LogP contribution in [0.25, 0.3) is 10.7 Å². The van der Waals surface area contributed by atoms with E-state index >= 15 is 0 Å². The molecule has 2 heterocycles. The van der Waals surface area contributed by atoms with Crippen LogP contribution < -0.4 is 0 Å². The van der Waals surface area contributed by atoms with Crippen LogP contribution in [0.15, 0.2) is 24.0 Å². The minimum absolute atomic E-state index is 0.861. The van der Waals surface area contributed by atoms with E-state index in [4.69, 9.17) is 0 Å². The third-order valence-electron chi connectivity index (χ3n) is 1.84. The van der Waals surface area contributed by atoms with Gasteiger partial charge in [-0.25, -0.2) is 4.98 Å². The van der Waals surface area contributed by atoms with Crippen LogP contribution in [0.2, 0.25) is 0 Å². The van der Waals surface area contributed by atoms with E-state index < -0.39 is 0 Å². The number of hydrogen-bond donors (Lipinski definition) is 0. The van der Waals surface area contributed by atoms with Crippen molar-refractivity contribution >= 4 is 11.3 Å². The molecule has 2 aromatic rings. The molecule has 72 valence electrons. The summed E-state index contributed by atoms with van der Waals surface area (Å²) in [4.78, 5) is 12.7. The molecular weight excluding hydrogens is 194 g/mol. The molecule has 0 saturated carbocycles. The number of hydrogen-bond acceptors (Lipinski definition) is 4. The highest BCUT2D eigenvalue weighted by Crippen LogP contribution is 2.21. The van der Waals surface area contributed by atoms with Crippen LogP contribution in [0.5, 0.6) is 0 Å². The predicted octanol–water partition coefficient (Wildman–Crippen LogP) is 2.55. The summed E-state index contributed by atoms with van der Waals surface area (Å²) in [5, 5.41) is 3.05. The molecule has 0 bridgehead atoms. The molecule has 0 unspecified atom stereocenters. The Hall–Kier alpha value is -1.29. The Labute approximate surface area is 86.9 Å². The van der Waals surface area contributed by atoms with Crippen LogP contribution in [0, 0.1) is 0 Å². The number of thiazole rings is 1. The van der Waals surface area contributed by atoms with Crippen molar-refractivity contribution in [1.82, 2.24) is 15.0 Å². The van der Waals surface area contributed by atoms with Crippen molar-refractivity contribution in [3.05, 3.63) is 29.7 Å². The summed E-state index contributed by atoms with van der Waals surface area (Å²) in [6.07, 6.45) is 7.27. The lowest BCUT2D eigenvalue weighted by atomic mass is 10.3. The zero-order chi connectivity index (χ0) is 9.80. The zero-order valence-corrected chi connectivity index (χ0v) is 8.79. The van der Waals surface area contributed by atoms with E-state index in [0.717, 1.165) is 29.2 Å². The number of aryl methyl sites for hydroxylation is 1. The molecule has 0 N–H and O–H groups in total. The second-order valence-electron chi connectivity index (χ2n) is 2.98. The van der Waals surface area contributed by atoms with Gasteiger partial charge >= 0.3 is 0 Å². The summed E-state index contributed by atoms with van der Waals surface area (Å²) in [6, 6.07) is 0. The molecule has 0 aliphatic heterocycles. The van der Waals surface area contributed by atoms with Gasteiger partial charge in [0, 0.05) is 17.8 Å². The molecule has 0 fully saturated rings. The van der Waals surface area contributed by atoms with Crippen molar-refractivity contribution in [2.75, 3.05) is 0 Å². The largest absolute Gasteiger partial charge is 0.261 e. The third kappa shape index (κ3) is 1.96. The van der Waals surface area contributed by atoms with Crippen molar-refractivity contribution in [1.29, 1.82) is 0 Å². The van der Waals surface area contributed by atoms with E-state index in [9.17, 15) is 0 Å². The molecule has 0 aromatic carbocycles. The topological polar surface area (TPSA) is 38.7 Å². The maximum atomic E-state index is 4.49. The molecule has 0 radical (unpaired) electrons. The highest BCUT2D eigenvalue weighted by molar-refractivity contribution is 7.13. The van der Waals surface area contributed by atoms with Crippen molar-refractivity contribution in [2.45, 2.75) is 19.8 Å². The fourth-order valence-corrected chi connectivity index (χ4v) is 2.02. The summed E-state index contributed by atoms with van der Waals surface area (Å²) in [5.74, 6) is 0. The molecule has 0 amide bonds. The van der Waals surface area contributed by atoms with Gasteiger partial charge in [0.25, 0.3) is 0 Å². The lowest BCUT2D eigenvalue weighted by Gasteiger charge is -1.92. The molecule has 0 aliphatic carbocycles. The monoisotopic (exact) mass is 205 g/mol. The van der Waals surface area contributed by atoms with Crippen molar-refractivity contribution in [2.24, 2.45) is 0 Å². The molecule has 0 saturated heterocycles. The normalized spacial score (nSPS) is 10.4. The molecule has 14 heavy (non-hydrogen) atoms. The number of aromatic nitrogens is 3. The fraction of sp³-hybridized carbons (Fsp3) is 0.300. The SMILES string of the molecule is CCCc1csc(-c2cnccn2)n1. The Morgan fingerprint density at radius 2 is 2.29 bits per heavy atom. The second kappa shape index (κ2) is 4.28. The number of rotatable bonds is 3. The predicted molar refractivity (Wildman–Crippen MR) is 57.1 cm³/mol. The van der Waals surface area contributed by atoms with Gasteiger partial charge in [-0.15, -0.1) is 11.3 Å².